The molecule has 190 valence electrons. The summed E-state index contributed by atoms with van der Waals surface area (Å²) in [5, 5.41) is 13.4. The van der Waals surface area contributed by atoms with E-state index in [-0.39, 0.29) is 5.75 Å². The van der Waals surface area contributed by atoms with E-state index in [1.165, 1.54) is 18.2 Å². The van der Waals surface area contributed by atoms with E-state index in [4.69, 9.17) is 27.9 Å². The van der Waals surface area contributed by atoms with E-state index in [0.29, 0.717) is 16.8 Å². The monoisotopic (exact) mass is 570 g/mol. The van der Waals surface area contributed by atoms with E-state index >= 15 is 0 Å². The van der Waals surface area contributed by atoms with Crippen LogP contribution in [0.4, 0.5) is 32.2 Å². The Morgan fingerprint density at radius 3 is 2.19 bits per heavy atom. The van der Waals surface area contributed by atoms with Crippen LogP contribution in [0.5, 0.6) is 5.75 Å². The first kappa shape index (κ1) is 27.3. The Hall–Kier alpha value is -3.28. The number of nitriles is 1. The molecule has 0 radical (unpaired) electrons. The number of ether oxygens (including phenoxy) is 1. The summed E-state index contributed by atoms with van der Waals surface area (Å²) in [6.45, 7) is -0.746. The van der Waals surface area contributed by atoms with Crippen molar-refractivity contribution in [3.05, 3.63) is 63.8 Å². The van der Waals surface area contributed by atoms with Crippen molar-refractivity contribution in [3.8, 4) is 17.5 Å². The maximum absolute atomic E-state index is 13.3. The minimum Gasteiger partial charge on any atom is -0.484 e. The van der Waals surface area contributed by atoms with Crippen LogP contribution in [0, 0.1) is 11.3 Å². The average Bonchev–Trinajstić information content (AvgIpc) is 3.13. The summed E-state index contributed by atoms with van der Waals surface area (Å²) in [7, 11) is -3.89. The number of aromatic nitrogens is 2. The Balaban J connectivity index is 2.14. The van der Waals surface area contributed by atoms with Gasteiger partial charge < -0.3 is 10.1 Å². The molecule has 1 heterocycles. The lowest BCUT2D eigenvalue weighted by molar-refractivity contribution is -0.137. The van der Waals surface area contributed by atoms with Gasteiger partial charge in [-0.2, -0.15) is 36.7 Å². The summed E-state index contributed by atoms with van der Waals surface area (Å²) in [4.78, 5) is 11.2. The predicted molar refractivity (Wildman–Crippen MR) is 116 cm³/mol. The summed E-state index contributed by atoms with van der Waals surface area (Å²) in [6.07, 6.45) is -4.87. The van der Waals surface area contributed by atoms with Crippen LogP contribution in [-0.4, -0.2) is 32.0 Å². The van der Waals surface area contributed by atoms with Crippen molar-refractivity contribution in [2.45, 2.75) is 16.6 Å². The van der Waals surface area contributed by atoms with Gasteiger partial charge in [0, 0.05) is 0 Å². The first-order valence-corrected chi connectivity index (χ1v) is 11.2. The van der Waals surface area contributed by atoms with Gasteiger partial charge in [-0.25, -0.2) is 8.89 Å². The van der Waals surface area contributed by atoms with Gasteiger partial charge in [0.1, 0.15) is 22.4 Å². The summed E-state index contributed by atoms with van der Waals surface area (Å²) in [6, 6.07) is 9.94. The van der Waals surface area contributed by atoms with E-state index in [0.717, 1.165) is 0 Å². The number of para-hydroxylation sites is 1. The van der Waals surface area contributed by atoms with Crippen molar-refractivity contribution >= 4 is 45.7 Å². The van der Waals surface area contributed by atoms with Gasteiger partial charge in [-0.1, -0.05) is 41.4 Å². The lowest BCUT2D eigenvalue weighted by Crippen LogP contribution is -2.24. The molecule has 36 heavy (non-hydrogen) atoms. The van der Waals surface area contributed by atoms with E-state index in [9.17, 15) is 40.6 Å². The van der Waals surface area contributed by atoms with Crippen LogP contribution in [0.2, 0.25) is 10.0 Å². The predicted octanol–water partition coefficient (Wildman–Crippen LogP) is 5.71. The van der Waals surface area contributed by atoms with Gasteiger partial charge in [-0.05, 0) is 24.3 Å². The zero-order chi connectivity index (χ0) is 26.8. The molecule has 3 rings (SSSR count). The Labute approximate surface area is 210 Å². The van der Waals surface area contributed by atoms with Crippen molar-refractivity contribution in [1.29, 1.82) is 5.26 Å². The lowest BCUT2D eigenvalue weighted by Gasteiger charge is -2.16. The Morgan fingerprint density at radius 1 is 1.11 bits per heavy atom. The molecule has 0 bridgehead atoms. The summed E-state index contributed by atoms with van der Waals surface area (Å²) in [5.74, 6) is -1.80. The number of carbonyl (C=O) groups is 1. The average molecular weight is 571 g/mol. The number of alkyl halides is 6. The van der Waals surface area contributed by atoms with E-state index in [1.807, 2.05) is 5.32 Å². The SMILES string of the molecule is N#Cc1nn(-c2c(Cl)cc(C(F)(F)F)cc2Cl)c(NC(=O)COc2ccccc2)c1S(=O)C(F)(F)F. The highest BCUT2D eigenvalue weighted by Gasteiger charge is 2.43. The van der Waals surface area contributed by atoms with Gasteiger partial charge in [-0.15, -0.1) is 0 Å². The fraction of sp³-hybridized carbons (Fsp3) is 0.150. The molecule has 7 nitrogen and oxygen atoms in total. The highest BCUT2D eigenvalue weighted by atomic mass is 35.5. The van der Waals surface area contributed by atoms with E-state index in [2.05, 4.69) is 5.10 Å². The lowest BCUT2D eigenvalue weighted by atomic mass is 10.2. The van der Waals surface area contributed by atoms with Crippen molar-refractivity contribution in [2.75, 3.05) is 11.9 Å². The molecule has 0 aliphatic rings. The first-order valence-electron chi connectivity index (χ1n) is 9.30. The topological polar surface area (TPSA) is 97.0 Å². The molecule has 0 aliphatic heterocycles. The summed E-state index contributed by atoms with van der Waals surface area (Å²) < 4.78 is 97.1. The van der Waals surface area contributed by atoms with E-state index in [1.54, 1.807) is 18.2 Å². The van der Waals surface area contributed by atoms with Gasteiger partial charge in [0.15, 0.2) is 28.9 Å². The number of benzene rings is 2. The second-order valence-corrected chi connectivity index (χ2v) is 8.92. The van der Waals surface area contributed by atoms with Crippen LogP contribution in [0.3, 0.4) is 0 Å². The number of rotatable bonds is 6. The van der Waals surface area contributed by atoms with Gasteiger partial charge in [0.25, 0.3) is 5.91 Å². The fourth-order valence-electron chi connectivity index (χ4n) is 2.81. The van der Waals surface area contributed by atoms with Gasteiger partial charge >= 0.3 is 11.7 Å². The molecule has 0 fully saturated rings. The maximum atomic E-state index is 13.3. The first-order chi connectivity index (χ1) is 16.7. The Morgan fingerprint density at radius 2 is 1.69 bits per heavy atom. The van der Waals surface area contributed by atoms with Gasteiger partial charge in [0.2, 0.25) is 0 Å². The van der Waals surface area contributed by atoms with Crippen molar-refractivity contribution in [2.24, 2.45) is 0 Å². The summed E-state index contributed by atoms with van der Waals surface area (Å²) in [5.41, 5.74) is -8.33. The number of amides is 1. The molecule has 0 spiro atoms. The zero-order valence-electron chi connectivity index (χ0n) is 17.2. The molecule has 16 heteroatoms. The molecule has 1 unspecified atom stereocenters. The Kier molecular flexibility index (Phi) is 7.87. The maximum Gasteiger partial charge on any atom is 0.476 e. The molecule has 2 aromatic carbocycles. The van der Waals surface area contributed by atoms with Crippen LogP contribution in [0.25, 0.3) is 5.69 Å². The fourth-order valence-corrected chi connectivity index (χ4v) is 4.26. The van der Waals surface area contributed by atoms with Crippen LogP contribution >= 0.6 is 23.2 Å². The molecular weight excluding hydrogens is 561 g/mol. The Bertz CT molecular complexity index is 1350. The highest BCUT2D eigenvalue weighted by molar-refractivity contribution is 7.86. The van der Waals surface area contributed by atoms with Crippen LogP contribution in [-0.2, 0) is 21.8 Å². The smallest absolute Gasteiger partial charge is 0.476 e. The normalized spacial score (nSPS) is 12.6. The second kappa shape index (κ2) is 10.4. The standard InChI is InChI=1S/C20H10Cl2F6N4O3S/c21-12-6-10(19(23,24)25)7-13(22)16(12)32-18(17(14(8-29)31-32)36(34)20(26,27)28)30-15(33)9-35-11-4-2-1-3-5-11/h1-7H,9H2,(H,30,33). The third-order valence-electron chi connectivity index (χ3n) is 4.27. The molecule has 1 aromatic heterocycles. The molecule has 0 aliphatic carbocycles. The van der Waals surface area contributed by atoms with Crippen LogP contribution in [0.1, 0.15) is 11.3 Å². The number of carbonyl (C=O) groups excluding carboxylic acids is 1. The molecule has 1 N–H and O–H groups in total. The molecule has 1 amide bonds. The van der Waals surface area contributed by atoms with Crippen molar-refractivity contribution < 1.29 is 40.1 Å². The number of anilines is 1. The quantitative estimate of drug-likeness (QED) is 0.383. The molecule has 1 atom stereocenters. The molecule has 0 saturated heterocycles. The second-order valence-electron chi connectivity index (χ2n) is 6.70. The zero-order valence-corrected chi connectivity index (χ0v) is 19.6. The molecule has 3 aromatic rings. The third-order valence-corrected chi connectivity index (χ3v) is 6.02. The van der Waals surface area contributed by atoms with Crippen LogP contribution in [0.15, 0.2) is 47.4 Å². The summed E-state index contributed by atoms with van der Waals surface area (Å²) >= 11 is 11.9. The number of halogens is 8. The third kappa shape index (κ3) is 5.92. The van der Waals surface area contributed by atoms with E-state index < -0.39 is 72.7 Å². The van der Waals surface area contributed by atoms with Gasteiger partial charge in [-0.3, -0.25) is 4.79 Å². The van der Waals surface area contributed by atoms with Crippen molar-refractivity contribution in [3.63, 3.8) is 0 Å². The minimum absolute atomic E-state index is 0.229. The molecular formula is C20H10Cl2F6N4O3S. The van der Waals surface area contributed by atoms with Crippen molar-refractivity contribution in [1.82, 2.24) is 9.78 Å². The minimum atomic E-state index is -5.40. The number of nitrogens with one attached hydrogen (secondary N) is 1. The highest BCUT2D eigenvalue weighted by Crippen LogP contribution is 2.41. The molecule has 0 saturated carbocycles. The number of nitrogens with zero attached hydrogens (tertiary/aromatic N) is 3. The van der Waals surface area contributed by atoms with Crippen LogP contribution < -0.4 is 10.1 Å². The number of hydrogen-bond donors (Lipinski definition) is 1. The number of hydrogen-bond acceptors (Lipinski definition) is 5. The largest absolute Gasteiger partial charge is 0.484 e. The van der Waals surface area contributed by atoms with Gasteiger partial charge in [0.05, 0.1) is 15.6 Å².